The first-order valence-corrected chi connectivity index (χ1v) is 11.2. The van der Waals surface area contributed by atoms with Gasteiger partial charge in [0.1, 0.15) is 18.1 Å². The predicted octanol–water partition coefficient (Wildman–Crippen LogP) is -2.83. The Balaban J connectivity index is 3.02. The van der Waals surface area contributed by atoms with E-state index in [-0.39, 0.29) is 25.0 Å². The third-order valence-electron chi connectivity index (χ3n) is 4.78. The van der Waals surface area contributed by atoms with Gasteiger partial charge in [0.25, 0.3) is 0 Å². The molecule has 5 amide bonds. The Bertz CT molecular complexity index is 930. The van der Waals surface area contributed by atoms with Crippen LogP contribution < -0.4 is 33.2 Å². The van der Waals surface area contributed by atoms with Crippen LogP contribution in [0.3, 0.4) is 0 Å². The molecular weight excluding hydrogens is 480 g/mol. The van der Waals surface area contributed by atoms with Gasteiger partial charge in [-0.3, -0.25) is 24.0 Å². The third-order valence-corrected chi connectivity index (χ3v) is 5.17. The van der Waals surface area contributed by atoms with Crippen LogP contribution in [-0.4, -0.2) is 70.5 Å². The molecule has 4 unspecified atom stereocenters. The number of carbonyl (C=O) groups excluding carboxylic acids is 5. The Hall–Kier alpha value is -3.65. The van der Waals surface area contributed by atoms with Gasteiger partial charge in [0.2, 0.25) is 29.5 Å². The first kappa shape index (κ1) is 29.4. The molecule has 0 heterocycles. The summed E-state index contributed by atoms with van der Waals surface area (Å²) in [5.41, 5.74) is 16.5. The molecule has 4 atom stereocenters. The van der Waals surface area contributed by atoms with E-state index < -0.39 is 66.1 Å². The van der Waals surface area contributed by atoms with Crippen LogP contribution in [0.4, 0.5) is 0 Å². The van der Waals surface area contributed by atoms with Crippen LogP contribution in [0.2, 0.25) is 0 Å². The minimum absolute atomic E-state index is 0.0271. The summed E-state index contributed by atoms with van der Waals surface area (Å²) in [6.45, 7) is 0. The zero-order valence-electron chi connectivity index (χ0n) is 18.8. The first-order valence-electron chi connectivity index (χ1n) is 10.6. The van der Waals surface area contributed by atoms with Crippen molar-refractivity contribution in [2.45, 2.75) is 49.9 Å². The van der Waals surface area contributed by atoms with E-state index in [0.29, 0.717) is 5.56 Å². The second-order valence-electron chi connectivity index (χ2n) is 7.68. The zero-order chi connectivity index (χ0) is 26.5. The molecule has 35 heavy (non-hydrogen) atoms. The smallest absolute Gasteiger partial charge is 0.326 e. The maximum absolute atomic E-state index is 12.8. The predicted molar refractivity (Wildman–Crippen MR) is 128 cm³/mol. The zero-order valence-corrected chi connectivity index (χ0v) is 19.7. The second-order valence-corrected chi connectivity index (χ2v) is 8.04. The van der Waals surface area contributed by atoms with Crippen molar-refractivity contribution in [3.8, 4) is 0 Å². The number of amides is 5. The molecule has 0 spiro atoms. The number of carboxylic acid groups (broad SMARTS) is 1. The van der Waals surface area contributed by atoms with Crippen molar-refractivity contribution in [3.63, 3.8) is 0 Å². The van der Waals surface area contributed by atoms with Crippen molar-refractivity contribution in [3.05, 3.63) is 35.9 Å². The minimum Gasteiger partial charge on any atom is -0.480 e. The molecule has 0 radical (unpaired) electrons. The lowest BCUT2D eigenvalue weighted by Gasteiger charge is -2.24. The summed E-state index contributed by atoms with van der Waals surface area (Å²) >= 11 is 3.90. The number of primary amides is 2. The second kappa shape index (κ2) is 14.6. The monoisotopic (exact) mass is 510 g/mol. The van der Waals surface area contributed by atoms with E-state index in [1.54, 1.807) is 30.3 Å². The van der Waals surface area contributed by atoms with Gasteiger partial charge in [0.05, 0.1) is 12.5 Å². The molecule has 0 bridgehead atoms. The molecule has 10 N–H and O–H groups in total. The van der Waals surface area contributed by atoms with Gasteiger partial charge < -0.3 is 38.3 Å². The number of thiol groups is 1. The average molecular weight is 511 g/mol. The molecule has 0 aliphatic rings. The minimum atomic E-state index is -1.55. The summed E-state index contributed by atoms with van der Waals surface area (Å²) in [4.78, 5) is 72.1. The van der Waals surface area contributed by atoms with E-state index in [1.165, 1.54) is 0 Å². The molecule has 1 rings (SSSR count). The van der Waals surface area contributed by atoms with Crippen LogP contribution in [0.25, 0.3) is 0 Å². The van der Waals surface area contributed by atoms with E-state index in [2.05, 4.69) is 28.6 Å². The van der Waals surface area contributed by atoms with Crippen molar-refractivity contribution >= 4 is 48.1 Å². The molecule has 14 heteroatoms. The van der Waals surface area contributed by atoms with E-state index in [0.717, 1.165) is 0 Å². The SMILES string of the molecule is NC(=O)CCC(NC(=O)C(N)CS)C(=O)NC(CC(N)=O)C(=O)NC(Cc1ccccc1)C(=O)O. The Morgan fingerprint density at radius 3 is 1.89 bits per heavy atom. The number of rotatable bonds is 15. The van der Waals surface area contributed by atoms with Gasteiger partial charge >= 0.3 is 5.97 Å². The van der Waals surface area contributed by atoms with Crippen LogP contribution in [-0.2, 0) is 35.2 Å². The quantitative estimate of drug-likeness (QED) is 0.114. The van der Waals surface area contributed by atoms with Crippen molar-refractivity contribution < 1.29 is 33.9 Å². The normalized spacial score (nSPS) is 14.0. The van der Waals surface area contributed by atoms with Gasteiger partial charge in [0, 0.05) is 18.6 Å². The van der Waals surface area contributed by atoms with Crippen molar-refractivity contribution in [2.24, 2.45) is 17.2 Å². The van der Waals surface area contributed by atoms with Gasteiger partial charge in [-0.2, -0.15) is 12.6 Å². The molecule has 192 valence electrons. The molecule has 1 aromatic carbocycles. The number of hydrogen-bond acceptors (Lipinski definition) is 8. The Labute approximate surface area is 206 Å². The molecule has 0 aromatic heterocycles. The summed E-state index contributed by atoms with van der Waals surface area (Å²) in [5, 5.41) is 16.4. The number of nitrogens with two attached hydrogens (primary N) is 3. The van der Waals surface area contributed by atoms with Crippen LogP contribution >= 0.6 is 12.6 Å². The summed E-state index contributed by atoms with van der Waals surface area (Å²) in [6, 6.07) is 3.19. The molecular formula is C21H30N6O7S. The lowest BCUT2D eigenvalue weighted by Crippen LogP contribution is -2.58. The highest BCUT2D eigenvalue weighted by molar-refractivity contribution is 7.80. The highest BCUT2D eigenvalue weighted by Crippen LogP contribution is 2.06. The lowest BCUT2D eigenvalue weighted by atomic mass is 10.0. The fraction of sp³-hybridized carbons (Fsp3) is 0.429. The fourth-order valence-corrected chi connectivity index (χ4v) is 3.09. The number of hydrogen-bond donors (Lipinski definition) is 8. The Kier molecular flexibility index (Phi) is 12.2. The van der Waals surface area contributed by atoms with Gasteiger partial charge in [-0.05, 0) is 12.0 Å². The van der Waals surface area contributed by atoms with Crippen LogP contribution in [0.15, 0.2) is 30.3 Å². The Morgan fingerprint density at radius 1 is 0.829 bits per heavy atom. The van der Waals surface area contributed by atoms with Crippen molar-refractivity contribution in [1.82, 2.24) is 16.0 Å². The highest BCUT2D eigenvalue weighted by atomic mass is 32.1. The van der Waals surface area contributed by atoms with Gasteiger partial charge in [-0.25, -0.2) is 4.79 Å². The molecule has 0 aliphatic carbocycles. The summed E-state index contributed by atoms with van der Waals surface area (Å²) in [6.07, 6.45) is -1.21. The van der Waals surface area contributed by atoms with E-state index in [1.807, 2.05) is 0 Å². The standard InChI is InChI=1S/C21H30N6O7S/c22-12(10-35)18(30)25-13(6-7-16(23)28)19(31)26-14(9-17(24)29)20(32)27-15(21(33)34)8-11-4-2-1-3-5-11/h1-5,12-15,35H,6-10,22H2,(H2,23,28)(H2,24,29)(H,25,30)(H,26,31)(H,27,32)(H,33,34). The number of carbonyl (C=O) groups is 6. The summed E-state index contributed by atoms with van der Waals surface area (Å²) < 4.78 is 0. The van der Waals surface area contributed by atoms with Crippen LogP contribution in [0, 0.1) is 0 Å². The molecule has 13 nitrogen and oxygen atoms in total. The Morgan fingerprint density at radius 2 is 1.37 bits per heavy atom. The van der Waals surface area contributed by atoms with Crippen LogP contribution in [0.1, 0.15) is 24.8 Å². The molecule has 0 saturated carbocycles. The average Bonchev–Trinajstić information content (AvgIpc) is 2.80. The lowest BCUT2D eigenvalue weighted by molar-refractivity contribution is -0.142. The number of benzene rings is 1. The van der Waals surface area contributed by atoms with Gasteiger partial charge in [-0.1, -0.05) is 30.3 Å². The van der Waals surface area contributed by atoms with Crippen LogP contribution in [0.5, 0.6) is 0 Å². The molecule has 0 saturated heterocycles. The highest BCUT2D eigenvalue weighted by Gasteiger charge is 2.31. The van der Waals surface area contributed by atoms with E-state index in [9.17, 15) is 33.9 Å². The summed E-state index contributed by atoms with van der Waals surface area (Å²) in [5.74, 6) is -5.70. The van der Waals surface area contributed by atoms with Crippen molar-refractivity contribution in [2.75, 3.05) is 5.75 Å². The maximum Gasteiger partial charge on any atom is 0.326 e. The maximum atomic E-state index is 12.8. The van der Waals surface area contributed by atoms with Gasteiger partial charge in [0.15, 0.2) is 0 Å². The van der Waals surface area contributed by atoms with E-state index >= 15 is 0 Å². The third kappa shape index (κ3) is 10.9. The number of nitrogens with one attached hydrogen (secondary N) is 3. The van der Waals surface area contributed by atoms with E-state index in [4.69, 9.17) is 17.2 Å². The molecule has 1 aromatic rings. The summed E-state index contributed by atoms with van der Waals surface area (Å²) in [7, 11) is 0. The van der Waals surface area contributed by atoms with Gasteiger partial charge in [-0.15, -0.1) is 0 Å². The molecule has 0 aliphatic heterocycles. The number of carboxylic acids is 1. The first-order chi connectivity index (χ1) is 16.4. The number of aliphatic carboxylic acids is 1. The fourth-order valence-electron chi connectivity index (χ4n) is 2.92. The van der Waals surface area contributed by atoms with Crippen molar-refractivity contribution in [1.29, 1.82) is 0 Å². The largest absolute Gasteiger partial charge is 0.480 e. The molecule has 0 fully saturated rings. The topological polar surface area (TPSA) is 237 Å².